The van der Waals surface area contributed by atoms with Gasteiger partial charge in [0.05, 0.1) is 0 Å². The molecule has 3 heterocycles. The fraction of sp³-hybridized carbons (Fsp3) is 0. The summed E-state index contributed by atoms with van der Waals surface area (Å²) in [5.41, 5.74) is 12.2. The molecule has 14 aromatic rings. The molecule has 3 heteroatoms. The Morgan fingerprint density at radius 3 is 1.59 bits per heavy atom. The second-order valence-corrected chi connectivity index (χ2v) is 16.3. The Hall–Kier alpha value is -8.14. The minimum Gasteiger partial charge on any atom is -0.456 e. The van der Waals surface area contributed by atoms with Crippen LogP contribution in [0.2, 0.25) is 0 Å². The van der Waals surface area contributed by atoms with Gasteiger partial charge in [-0.3, -0.25) is 0 Å². The molecule has 61 heavy (non-hydrogen) atoms. The van der Waals surface area contributed by atoms with Gasteiger partial charge in [-0.25, -0.2) is 0 Å². The maximum Gasteiger partial charge on any atom is 0.143 e. The predicted molar refractivity (Wildman–Crippen MR) is 255 cm³/mol. The molecular weight excluding hydrogens is 745 g/mol. The van der Waals surface area contributed by atoms with E-state index in [0.29, 0.717) is 0 Å². The van der Waals surface area contributed by atoms with Crippen molar-refractivity contribution in [2.45, 2.75) is 0 Å². The van der Waals surface area contributed by atoms with Crippen molar-refractivity contribution in [1.29, 1.82) is 0 Å². The van der Waals surface area contributed by atoms with Crippen LogP contribution in [0, 0.1) is 0 Å². The highest BCUT2D eigenvalue weighted by Gasteiger charge is 2.21. The SMILES string of the molecule is c1ccc2c(-c3c4ccccc4c(-c4ccc5oc6c(-c7ccc8ccc9c(oc%10ccc%11oc%12ccccc%12c%11c%109)c8c7)cccc6c5c4)c4ccccc34)cccc2c1. The molecule has 0 fully saturated rings. The summed E-state index contributed by atoms with van der Waals surface area (Å²) in [5.74, 6) is 0. The number of rotatable bonds is 3. The first-order chi connectivity index (χ1) is 30.2. The van der Waals surface area contributed by atoms with E-state index in [2.05, 4.69) is 170 Å². The van der Waals surface area contributed by atoms with E-state index in [1.165, 1.54) is 49.0 Å². The number of furan rings is 3. The molecule has 0 saturated heterocycles. The lowest BCUT2D eigenvalue weighted by atomic mass is 9.84. The molecule has 0 bridgehead atoms. The van der Waals surface area contributed by atoms with E-state index < -0.39 is 0 Å². The normalized spacial score (nSPS) is 12.3. The van der Waals surface area contributed by atoms with Crippen LogP contribution in [0.4, 0.5) is 0 Å². The lowest BCUT2D eigenvalue weighted by molar-refractivity contribution is 0.664. The van der Waals surface area contributed by atoms with Gasteiger partial charge in [0, 0.05) is 43.3 Å². The third-order valence-electron chi connectivity index (χ3n) is 13.0. The van der Waals surface area contributed by atoms with E-state index in [1.54, 1.807) is 0 Å². The highest BCUT2D eigenvalue weighted by atomic mass is 16.3. The molecule has 0 unspecified atom stereocenters. The van der Waals surface area contributed by atoms with Gasteiger partial charge in [-0.2, -0.15) is 0 Å². The van der Waals surface area contributed by atoms with Crippen LogP contribution >= 0.6 is 0 Å². The summed E-state index contributed by atoms with van der Waals surface area (Å²) < 4.78 is 19.8. The number of benzene rings is 11. The lowest BCUT2D eigenvalue weighted by Gasteiger charge is -2.18. The van der Waals surface area contributed by atoms with E-state index in [1.807, 2.05) is 24.3 Å². The average Bonchev–Trinajstić information content (AvgIpc) is 4.01. The monoisotopic (exact) mass is 776 g/mol. The minimum absolute atomic E-state index is 0.853. The minimum atomic E-state index is 0.853. The molecule has 0 aliphatic heterocycles. The van der Waals surface area contributed by atoms with Crippen LogP contribution < -0.4 is 0 Å². The molecule has 0 radical (unpaired) electrons. The van der Waals surface area contributed by atoms with E-state index >= 15 is 0 Å². The largest absolute Gasteiger partial charge is 0.456 e. The molecule has 282 valence electrons. The Balaban J connectivity index is 0.960. The lowest BCUT2D eigenvalue weighted by Crippen LogP contribution is -1.91. The maximum atomic E-state index is 6.82. The van der Waals surface area contributed by atoms with Gasteiger partial charge in [-0.05, 0) is 108 Å². The third-order valence-corrected chi connectivity index (χ3v) is 13.0. The molecule has 14 rings (SSSR count). The summed E-state index contributed by atoms with van der Waals surface area (Å²) in [5, 5.41) is 16.2. The second-order valence-electron chi connectivity index (χ2n) is 16.3. The van der Waals surface area contributed by atoms with Crippen molar-refractivity contribution in [1.82, 2.24) is 0 Å². The van der Waals surface area contributed by atoms with Gasteiger partial charge in [0.15, 0.2) is 0 Å². The molecule has 0 aliphatic rings. The second kappa shape index (κ2) is 12.2. The fourth-order valence-corrected chi connectivity index (χ4v) is 10.4. The summed E-state index contributed by atoms with van der Waals surface area (Å²) in [6.07, 6.45) is 0. The number of para-hydroxylation sites is 2. The molecule has 0 atom stereocenters. The zero-order chi connectivity index (χ0) is 39.8. The van der Waals surface area contributed by atoms with Gasteiger partial charge in [0.2, 0.25) is 0 Å². The molecule has 3 nitrogen and oxygen atoms in total. The summed E-state index contributed by atoms with van der Waals surface area (Å²) >= 11 is 0. The highest BCUT2D eigenvalue weighted by Crippen LogP contribution is 2.47. The Morgan fingerprint density at radius 2 is 0.770 bits per heavy atom. The molecule has 3 aromatic heterocycles. The number of hydrogen-bond acceptors (Lipinski definition) is 3. The van der Waals surface area contributed by atoms with Crippen molar-refractivity contribution in [2.24, 2.45) is 0 Å². The summed E-state index contributed by atoms with van der Waals surface area (Å²) in [7, 11) is 0. The van der Waals surface area contributed by atoms with Crippen LogP contribution in [-0.4, -0.2) is 0 Å². The predicted octanol–water partition coefficient (Wildman–Crippen LogP) is 17.0. The van der Waals surface area contributed by atoms with E-state index in [0.717, 1.165) is 93.3 Å². The van der Waals surface area contributed by atoms with Gasteiger partial charge in [0.25, 0.3) is 0 Å². The van der Waals surface area contributed by atoms with Crippen LogP contribution in [0.5, 0.6) is 0 Å². The smallest absolute Gasteiger partial charge is 0.143 e. The standard InChI is InChI=1S/C58H32O3/c1-2-13-37-33(11-1)12-9-20-39(37)54-42-16-5-3-14-40(42)53(41-15-4-6-17-43(41)54)36-26-28-50-48(32-36)44-21-10-19-38(57(44)60-50)35-24-23-34-25-27-46-56-52(61-58(46)47(34)31-35)30-29-51-55(56)45-18-7-8-22-49(45)59-51/h1-32H. The number of fused-ring (bicyclic) bond motifs is 15. The van der Waals surface area contributed by atoms with Crippen molar-refractivity contribution in [2.75, 3.05) is 0 Å². The van der Waals surface area contributed by atoms with Gasteiger partial charge < -0.3 is 13.3 Å². The van der Waals surface area contributed by atoms with Crippen molar-refractivity contribution >= 4 is 109 Å². The molecule has 11 aromatic carbocycles. The highest BCUT2D eigenvalue weighted by molar-refractivity contribution is 6.29. The van der Waals surface area contributed by atoms with Gasteiger partial charge in [-0.15, -0.1) is 0 Å². The molecular formula is C58H32O3. The Bertz CT molecular complexity index is 4110. The van der Waals surface area contributed by atoms with Gasteiger partial charge in [-0.1, -0.05) is 152 Å². The van der Waals surface area contributed by atoms with Crippen LogP contribution in [0.3, 0.4) is 0 Å². The van der Waals surface area contributed by atoms with Crippen molar-refractivity contribution in [3.05, 3.63) is 194 Å². The topological polar surface area (TPSA) is 39.4 Å². The van der Waals surface area contributed by atoms with Crippen LogP contribution in [-0.2, 0) is 0 Å². The quantitative estimate of drug-likeness (QED) is 0.168. The zero-order valence-electron chi connectivity index (χ0n) is 32.7. The van der Waals surface area contributed by atoms with E-state index in [-0.39, 0.29) is 0 Å². The summed E-state index contributed by atoms with van der Waals surface area (Å²) in [6, 6.07) is 69.6. The van der Waals surface area contributed by atoms with Crippen molar-refractivity contribution < 1.29 is 13.3 Å². The Kier molecular flexibility index (Phi) is 6.56. The number of hydrogen-bond donors (Lipinski definition) is 0. The van der Waals surface area contributed by atoms with Crippen molar-refractivity contribution in [3.8, 4) is 33.4 Å². The molecule has 0 saturated carbocycles. The molecule has 0 aliphatic carbocycles. The maximum absolute atomic E-state index is 6.82. The average molecular weight is 777 g/mol. The Morgan fingerprint density at radius 1 is 0.246 bits per heavy atom. The first-order valence-electron chi connectivity index (χ1n) is 20.8. The van der Waals surface area contributed by atoms with Gasteiger partial charge in [0.1, 0.15) is 33.5 Å². The summed E-state index contributed by atoms with van der Waals surface area (Å²) in [4.78, 5) is 0. The third kappa shape index (κ3) is 4.58. The summed E-state index contributed by atoms with van der Waals surface area (Å²) in [6.45, 7) is 0. The van der Waals surface area contributed by atoms with Crippen molar-refractivity contribution in [3.63, 3.8) is 0 Å². The first-order valence-corrected chi connectivity index (χ1v) is 20.8. The van der Waals surface area contributed by atoms with Crippen LogP contribution in [0.15, 0.2) is 207 Å². The molecule has 0 N–H and O–H groups in total. The first kappa shape index (κ1) is 32.8. The van der Waals surface area contributed by atoms with E-state index in [9.17, 15) is 0 Å². The van der Waals surface area contributed by atoms with E-state index in [4.69, 9.17) is 13.3 Å². The molecule has 0 spiro atoms. The molecule has 0 amide bonds. The Labute approximate surface area is 348 Å². The van der Waals surface area contributed by atoms with Crippen LogP contribution in [0.25, 0.3) is 142 Å². The van der Waals surface area contributed by atoms with Gasteiger partial charge >= 0.3 is 0 Å². The van der Waals surface area contributed by atoms with Crippen LogP contribution in [0.1, 0.15) is 0 Å². The zero-order valence-corrected chi connectivity index (χ0v) is 32.7. The fourth-order valence-electron chi connectivity index (χ4n) is 10.4.